The van der Waals surface area contributed by atoms with E-state index in [1.807, 2.05) is 0 Å². The zero-order valence-corrected chi connectivity index (χ0v) is 17.2. The highest BCUT2D eigenvalue weighted by Gasteiger charge is 2.30. The van der Waals surface area contributed by atoms with Crippen molar-refractivity contribution in [1.82, 2.24) is 5.32 Å². The maximum Gasteiger partial charge on any atom is 0.264 e. The van der Waals surface area contributed by atoms with Gasteiger partial charge >= 0.3 is 0 Å². The normalized spacial score (nSPS) is 14.6. The van der Waals surface area contributed by atoms with Crippen molar-refractivity contribution in [3.8, 4) is 5.75 Å². The Hall–Kier alpha value is -2.25. The smallest absolute Gasteiger partial charge is 0.264 e. The van der Waals surface area contributed by atoms with Crippen LogP contribution in [0, 0.1) is 0 Å². The monoisotopic (exact) mass is 422 g/mol. The average molecular weight is 423 g/mol. The number of sulfonamides is 1. The van der Waals surface area contributed by atoms with Crippen molar-refractivity contribution >= 4 is 33.2 Å². The third-order valence-corrected chi connectivity index (χ3v) is 6.79. The molecular formula is C20H23ClN2O4S. The zero-order chi connectivity index (χ0) is 20.1. The van der Waals surface area contributed by atoms with Crippen LogP contribution in [-0.2, 0) is 14.8 Å². The summed E-state index contributed by atoms with van der Waals surface area (Å²) in [5, 5.41) is 3.37. The summed E-state index contributed by atoms with van der Waals surface area (Å²) in [5.74, 6) is 0.0315. The quantitative estimate of drug-likeness (QED) is 0.739. The Morgan fingerprint density at radius 1 is 1.14 bits per heavy atom. The third kappa shape index (κ3) is 4.59. The number of rotatable bonds is 7. The molecule has 0 unspecified atom stereocenters. The molecule has 2 aromatic rings. The Morgan fingerprint density at radius 2 is 1.79 bits per heavy atom. The predicted molar refractivity (Wildman–Crippen MR) is 109 cm³/mol. The van der Waals surface area contributed by atoms with E-state index in [-0.39, 0.29) is 23.4 Å². The maximum absolute atomic E-state index is 13.3. The lowest BCUT2D eigenvalue weighted by Gasteiger charge is -2.26. The van der Waals surface area contributed by atoms with E-state index < -0.39 is 10.0 Å². The first-order valence-electron chi connectivity index (χ1n) is 9.12. The van der Waals surface area contributed by atoms with Gasteiger partial charge in [-0.15, -0.1) is 0 Å². The number of methoxy groups -OCH3 is 1. The SMILES string of the molecule is COc1ccccc1N(CC(=O)NC1CCCC1)S(=O)(=O)c1ccc(Cl)cc1. The van der Waals surface area contributed by atoms with Crippen molar-refractivity contribution < 1.29 is 17.9 Å². The fraction of sp³-hybridized carbons (Fsp3) is 0.350. The molecule has 150 valence electrons. The van der Waals surface area contributed by atoms with Gasteiger partial charge in [-0.05, 0) is 49.2 Å². The molecular weight excluding hydrogens is 400 g/mol. The first-order chi connectivity index (χ1) is 13.4. The van der Waals surface area contributed by atoms with Gasteiger partial charge in [-0.3, -0.25) is 9.10 Å². The van der Waals surface area contributed by atoms with Crippen LogP contribution in [0.25, 0.3) is 0 Å². The van der Waals surface area contributed by atoms with E-state index in [1.54, 1.807) is 24.3 Å². The molecule has 1 N–H and O–H groups in total. The number of carbonyl (C=O) groups excluding carboxylic acids is 1. The van der Waals surface area contributed by atoms with Gasteiger partial charge in [-0.1, -0.05) is 36.6 Å². The van der Waals surface area contributed by atoms with Crippen LogP contribution >= 0.6 is 11.6 Å². The second kappa shape index (κ2) is 8.84. The lowest BCUT2D eigenvalue weighted by molar-refractivity contribution is -0.120. The molecule has 6 nitrogen and oxygen atoms in total. The fourth-order valence-electron chi connectivity index (χ4n) is 3.34. The summed E-state index contributed by atoms with van der Waals surface area (Å²) in [7, 11) is -2.54. The van der Waals surface area contributed by atoms with E-state index in [0.29, 0.717) is 16.5 Å². The van der Waals surface area contributed by atoms with Crippen LogP contribution in [0.2, 0.25) is 5.02 Å². The molecule has 1 amide bonds. The lowest BCUT2D eigenvalue weighted by atomic mass is 10.2. The molecule has 0 spiro atoms. The van der Waals surface area contributed by atoms with Crippen molar-refractivity contribution in [2.24, 2.45) is 0 Å². The first-order valence-corrected chi connectivity index (χ1v) is 10.9. The topological polar surface area (TPSA) is 75.7 Å². The number of hydrogen-bond acceptors (Lipinski definition) is 4. The average Bonchev–Trinajstić information content (AvgIpc) is 3.19. The highest BCUT2D eigenvalue weighted by Crippen LogP contribution is 2.32. The molecule has 0 aliphatic heterocycles. The number of halogens is 1. The van der Waals surface area contributed by atoms with Crippen LogP contribution in [0.4, 0.5) is 5.69 Å². The standard InChI is InChI=1S/C20H23ClN2O4S/c1-27-19-9-5-4-8-18(19)23(14-20(24)22-16-6-2-3-7-16)28(25,26)17-12-10-15(21)11-13-17/h4-5,8-13,16H,2-3,6-7,14H2,1H3,(H,22,24). The first kappa shape index (κ1) is 20.5. The van der Waals surface area contributed by atoms with Crippen LogP contribution in [0.1, 0.15) is 25.7 Å². The minimum atomic E-state index is -4.00. The van der Waals surface area contributed by atoms with Crippen molar-refractivity contribution in [2.75, 3.05) is 18.0 Å². The summed E-state index contributed by atoms with van der Waals surface area (Å²) in [4.78, 5) is 12.7. The highest BCUT2D eigenvalue weighted by atomic mass is 35.5. The minimum absolute atomic E-state index is 0.0523. The molecule has 8 heteroatoms. The van der Waals surface area contributed by atoms with E-state index >= 15 is 0 Å². The molecule has 1 aliphatic carbocycles. The molecule has 0 bridgehead atoms. The number of anilines is 1. The van der Waals surface area contributed by atoms with Gasteiger partial charge in [0.1, 0.15) is 12.3 Å². The fourth-order valence-corrected chi connectivity index (χ4v) is 4.90. The Balaban J connectivity index is 1.96. The summed E-state index contributed by atoms with van der Waals surface area (Å²) < 4.78 is 33.1. The number of nitrogens with one attached hydrogen (secondary N) is 1. The van der Waals surface area contributed by atoms with Crippen molar-refractivity contribution in [3.63, 3.8) is 0 Å². The third-order valence-electron chi connectivity index (χ3n) is 4.76. The van der Waals surface area contributed by atoms with Gasteiger partial charge in [-0.2, -0.15) is 0 Å². The molecule has 0 heterocycles. The van der Waals surface area contributed by atoms with Gasteiger partial charge in [0.05, 0.1) is 17.7 Å². The van der Waals surface area contributed by atoms with Crippen LogP contribution in [-0.4, -0.2) is 34.0 Å². The second-order valence-electron chi connectivity index (χ2n) is 6.69. The van der Waals surface area contributed by atoms with Crippen molar-refractivity contribution in [3.05, 3.63) is 53.6 Å². The van der Waals surface area contributed by atoms with Crippen LogP contribution in [0.5, 0.6) is 5.75 Å². The summed E-state index contributed by atoms with van der Waals surface area (Å²) >= 11 is 5.89. The van der Waals surface area contributed by atoms with E-state index in [0.717, 1.165) is 30.0 Å². The van der Waals surface area contributed by atoms with Gasteiger partial charge in [0.25, 0.3) is 10.0 Å². The molecule has 1 fully saturated rings. The van der Waals surface area contributed by atoms with Gasteiger partial charge in [0.2, 0.25) is 5.91 Å². The summed E-state index contributed by atoms with van der Waals surface area (Å²) in [5.41, 5.74) is 0.307. The number of para-hydroxylation sites is 2. The van der Waals surface area contributed by atoms with Crippen molar-refractivity contribution in [1.29, 1.82) is 0 Å². The molecule has 1 aliphatic rings. The Labute approximate surface area is 170 Å². The van der Waals surface area contributed by atoms with Crippen LogP contribution < -0.4 is 14.4 Å². The maximum atomic E-state index is 13.3. The largest absolute Gasteiger partial charge is 0.495 e. The van der Waals surface area contributed by atoms with Crippen LogP contribution in [0.15, 0.2) is 53.4 Å². The van der Waals surface area contributed by atoms with Gasteiger partial charge < -0.3 is 10.1 Å². The molecule has 0 saturated heterocycles. The number of amides is 1. The number of nitrogens with zero attached hydrogens (tertiary/aromatic N) is 1. The van der Waals surface area contributed by atoms with Gasteiger partial charge in [-0.25, -0.2) is 8.42 Å². The number of carbonyl (C=O) groups is 1. The minimum Gasteiger partial charge on any atom is -0.495 e. The number of benzene rings is 2. The summed E-state index contributed by atoms with van der Waals surface area (Å²) in [6.07, 6.45) is 3.99. The lowest BCUT2D eigenvalue weighted by Crippen LogP contribution is -2.43. The van der Waals surface area contributed by atoms with E-state index in [9.17, 15) is 13.2 Å². The Kier molecular flexibility index (Phi) is 6.46. The van der Waals surface area contributed by atoms with E-state index in [4.69, 9.17) is 16.3 Å². The zero-order valence-electron chi connectivity index (χ0n) is 15.6. The predicted octanol–water partition coefficient (Wildman–Crippen LogP) is 3.60. The van der Waals surface area contributed by atoms with Crippen molar-refractivity contribution in [2.45, 2.75) is 36.6 Å². The second-order valence-corrected chi connectivity index (χ2v) is 8.99. The molecule has 0 radical (unpaired) electrons. The Bertz CT molecular complexity index is 925. The summed E-state index contributed by atoms with van der Waals surface area (Å²) in [6, 6.07) is 12.7. The molecule has 3 rings (SSSR count). The molecule has 28 heavy (non-hydrogen) atoms. The van der Waals surface area contributed by atoms with Crippen LogP contribution in [0.3, 0.4) is 0 Å². The van der Waals surface area contributed by atoms with Gasteiger partial charge in [0, 0.05) is 11.1 Å². The molecule has 1 saturated carbocycles. The number of ether oxygens (including phenoxy) is 1. The summed E-state index contributed by atoms with van der Waals surface area (Å²) in [6.45, 7) is -0.332. The van der Waals surface area contributed by atoms with E-state index in [1.165, 1.54) is 31.4 Å². The van der Waals surface area contributed by atoms with Gasteiger partial charge in [0.15, 0.2) is 0 Å². The molecule has 2 aromatic carbocycles. The molecule has 0 aromatic heterocycles. The van der Waals surface area contributed by atoms with E-state index in [2.05, 4.69) is 5.32 Å². The number of hydrogen-bond donors (Lipinski definition) is 1. The molecule has 0 atom stereocenters. The highest BCUT2D eigenvalue weighted by molar-refractivity contribution is 7.92. The Morgan fingerprint density at radius 3 is 2.43 bits per heavy atom.